The number of fused-ring (bicyclic) bond motifs is 7. The van der Waals surface area contributed by atoms with Crippen molar-refractivity contribution in [2.24, 2.45) is 5.73 Å². The van der Waals surface area contributed by atoms with Crippen LogP contribution in [-0.4, -0.2) is 100 Å². The molecule has 1 fully saturated rings. The van der Waals surface area contributed by atoms with Gasteiger partial charge in [0, 0.05) is 67.9 Å². The number of rotatable bonds is 9. The van der Waals surface area contributed by atoms with E-state index in [1.165, 1.54) is 29.8 Å². The molecule has 0 spiro atoms. The fourth-order valence-electron chi connectivity index (χ4n) is 7.94. The Kier molecular flexibility index (Phi) is 13.1. The molecule has 10 rings (SSSR count). The van der Waals surface area contributed by atoms with Crippen molar-refractivity contribution in [3.63, 3.8) is 0 Å². The molecule has 1 atom stereocenters. The second kappa shape index (κ2) is 19.2. The van der Waals surface area contributed by atoms with Gasteiger partial charge in [-0.05, 0) is 91.7 Å². The summed E-state index contributed by atoms with van der Waals surface area (Å²) >= 11 is 16.1. The molecule has 4 aromatic heterocycles. The number of likely N-dealkylation sites (N-methyl/N-ethyl adjacent to an activating group) is 1. The predicted molar refractivity (Wildman–Crippen MR) is 250 cm³/mol. The zero-order valence-corrected chi connectivity index (χ0v) is 37.9. The van der Waals surface area contributed by atoms with Crippen LogP contribution >= 0.6 is 34.5 Å². The van der Waals surface area contributed by atoms with Gasteiger partial charge in [-0.1, -0.05) is 35.3 Å². The maximum atomic E-state index is 14.3. The minimum absolute atomic E-state index is 0.174. The molecule has 3 aliphatic rings. The third-order valence-corrected chi connectivity index (χ3v) is 13.5. The highest BCUT2D eigenvalue weighted by Crippen LogP contribution is 2.53. The number of nitrogens with zero attached hydrogens (tertiary/aromatic N) is 7. The van der Waals surface area contributed by atoms with Gasteiger partial charge in [0.2, 0.25) is 5.88 Å². The summed E-state index contributed by atoms with van der Waals surface area (Å²) < 4.78 is 40.8. The van der Waals surface area contributed by atoms with E-state index in [1.807, 2.05) is 50.2 Å². The quantitative estimate of drug-likeness (QED) is 0.142. The van der Waals surface area contributed by atoms with Crippen molar-refractivity contribution in [3.05, 3.63) is 118 Å². The van der Waals surface area contributed by atoms with Crippen LogP contribution in [-0.2, 0) is 13.0 Å². The summed E-state index contributed by atoms with van der Waals surface area (Å²) in [5.41, 5.74) is 12.6. The lowest BCUT2D eigenvalue weighted by atomic mass is 9.92. The number of hydrogen-bond acceptors (Lipinski definition) is 14. The lowest BCUT2D eigenvalue weighted by Gasteiger charge is -2.38. The van der Waals surface area contributed by atoms with Crippen molar-refractivity contribution in [1.29, 1.82) is 0 Å². The maximum Gasteiger partial charge on any atom is 0.226 e. The molecule has 1 unspecified atom stereocenters. The largest absolute Gasteiger partial charge is 0.488 e. The monoisotopic (exact) mass is 921 g/mol. The van der Waals surface area contributed by atoms with E-state index in [-0.39, 0.29) is 25.6 Å². The number of hydrogen-bond donors (Lipinski definition) is 2. The Balaban J connectivity index is 1.09. The number of benzene rings is 3. The summed E-state index contributed by atoms with van der Waals surface area (Å²) in [4.78, 5) is 29.2. The molecule has 0 aliphatic carbocycles. The van der Waals surface area contributed by atoms with Crippen molar-refractivity contribution in [1.82, 2.24) is 34.7 Å². The van der Waals surface area contributed by atoms with Crippen LogP contribution in [0.4, 0.5) is 10.1 Å². The number of pyridine rings is 1. The second-order valence-electron chi connectivity index (χ2n) is 15.7. The molecule has 0 amide bonds. The van der Waals surface area contributed by atoms with Gasteiger partial charge < -0.3 is 34.9 Å². The van der Waals surface area contributed by atoms with E-state index < -0.39 is 6.23 Å². The molecule has 0 saturated carbocycles. The molecule has 3 N–H and O–H groups in total. The normalized spacial score (nSPS) is 15.9. The van der Waals surface area contributed by atoms with Gasteiger partial charge in [0.15, 0.2) is 17.8 Å². The van der Waals surface area contributed by atoms with Gasteiger partial charge in [0.05, 0.1) is 39.6 Å². The zero-order chi connectivity index (χ0) is 44.3. The first-order valence-electron chi connectivity index (χ1n) is 21.0. The summed E-state index contributed by atoms with van der Waals surface area (Å²) in [6.45, 7) is 8.91. The Morgan fingerprint density at radius 3 is 2.47 bits per heavy atom. The lowest BCUT2D eigenvalue weighted by Crippen LogP contribution is -2.53. The molecule has 13 nitrogen and oxygen atoms in total. The highest BCUT2D eigenvalue weighted by atomic mass is 35.5. The van der Waals surface area contributed by atoms with Crippen LogP contribution in [0.5, 0.6) is 23.1 Å². The summed E-state index contributed by atoms with van der Waals surface area (Å²) in [5.74, 6) is 2.17. The number of anilines is 1. The first-order valence-corrected chi connectivity index (χ1v) is 22.6. The Hall–Kier alpha value is -5.68. The van der Waals surface area contributed by atoms with Crippen LogP contribution in [0.3, 0.4) is 0 Å². The van der Waals surface area contributed by atoms with E-state index in [2.05, 4.69) is 37.1 Å². The minimum atomic E-state index is -0.525. The van der Waals surface area contributed by atoms with Gasteiger partial charge in [-0.15, -0.1) is 11.3 Å². The molecular formula is C47H46Cl2FN9O4S. The van der Waals surface area contributed by atoms with Crippen molar-refractivity contribution in [2.75, 3.05) is 64.8 Å². The lowest BCUT2D eigenvalue weighted by molar-refractivity contribution is -0.0294. The van der Waals surface area contributed by atoms with E-state index in [0.717, 1.165) is 70.1 Å². The smallest absolute Gasteiger partial charge is 0.226 e. The van der Waals surface area contributed by atoms with E-state index in [0.29, 0.717) is 80.1 Å². The maximum absolute atomic E-state index is 14.3. The second-order valence-corrected chi connectivity index (χ2v) is 17.4. The Morgan fingerprint density at radius 2 is 1.72 bits per heavy atom. The molecule has 7 heterocycles. The minimum Gasteiger partial charge on any atom is -0.488 e. The van der Waals surface area contributed by atoms with E-state index in [9.17, 15) is 4.39 Å². The molecule has 330 valence electrons. The number of nitrogens with two attached hydrogens (primary N) is 1. The highest BCUT2D eigenvalue weighted by molar-refractivity contribution is 7.22. The molecule has 0 radical (unpaired) electrons. The Bertz CT molecular complexity index is 2760. The molecular weight excluding hydrogens is 877 g/mol. The van der Waals surface area contributed by atoms with Crippen molar-refractivity contribution < 1.29 is 23.3 Å². The third kappa shape index (κ3) is 9.14. The summed E-state index contributed by atoms with van der Waals surface area (Å²) in [7, 11) is 2.11. The Labute approximate surface area is 384 Å². The van der Waals surface area contributed by atoms with Crippen molar-refractivity contribution in [2.45, 2.75) is 33.1 Å². The van der Waals surface area contributed by atoms with Gasteiger partial charge in [0.1, 0.15) is 47.4 Å². The summed E-state index contributed by atoms with van der Waals surface area (Å²) in [6, 6.07) is 17.8. The van der Waals surface area contributed by atoms with Crippen LogP contribution in [0.25, 0.3) is 43.3 Å². The van der Waals surface area contributed by atoms with Gasteiger partial charge in [-0.3, -0.25) is 9.88 Å². The average molecular weight is 923 g/mol. The molecule has 64 heavy (non-hydrogen) atoms. The molecule has 4 bridgehead atoms. The number of aromatic nitrogens is 5. The highest BCUT2D eigenvalue weighted by Gasteiger charge is 2.31. The fraction of sp³-hybridized carbons (Fsp3) is 0.298. The van der Waals surface area contributed by atoms with Crippen molar-refractivity contribution >= 4 is 50.4 Å². The number of thiophene rings is 1. The molecule has 1 saturated heterocycles. The zero-order valence-electron chi connectivity index (χ0n) is 35.5. The molecule has 3 aliphatic heterocycles. The molecule has 17 heteroatoms. The summed E-state index contributed by atoms with van der Waals surface area (Å²) in [5, 5.41) is 4.67. The van der Waals surface area contributed by atoms with E-state index in [4.69, 9.17) is 57.9 Å². The average Bonchev–Trinajstić information content (AvgIpc) is 3.70. The Morgan fingerprint density at radius 1 is 0.922 bits per heavy atom. The van der Waals surface area contributed by atoms with E-state index >= 15 is 0 Å². The fourth-order valence-corrected chi connectivity index (χ4v) is 9.60. The van der Waals surface area contributed by atoms with Gasteiger partial charge >= 0.3 is 0 Å². The van der Waals surface area contributed by atoms with Gasteiger partial charge in [0.25, 0.3) is 0 Å². The number of piperazine rings is 1. The van der Waals surface area contributed by atoms with E-state index in [1.54, 1.807) is 24.5 Å². The third-order valence-electron chi connectivity index (χ3n) is 11.4. The number of ether oxygens (including phenoxy) is 4. The standard InChI is InChI=1S/C47H46Cl2FN9O4S/c1-27-38-28(2)42(49)43(41(27)48)63-37(59-19-17-58(3)18-20-59)25-61-34-9-11-36(62-24-33-12-15-53-45(57-33)35-10-8-32(23-54-35)52-16-14-51)30(22-34)13-21-60-46-40-39(38)44(64-47(40)56-26-55-46)29-4-6-31(50)7-5-29/h4-12,15,22-23,26,37,52H,13-14,16-21,24-25,51H2,1-3H3. The number of nitrogens with one attached hydrogen (secondary N) is 1. The van der Waals surface area contributed by atoms with Gasteiger partial charge in [-0.25, -0.2) is 24.3 Å². The molecule has 3 aromatic carbocycles. The topological polar surface area (TPSA) is 146 Å². The first-order chi connectivity index (χ1) is 31.1. The first kappa shape index (κ1) is 43.6. The van der Waals surface area contributed by atoms with Crippen LogP contribution in [0.2, 0.25) is 10.0 Å². The van der Waals surface area contributed by atoms with Crippen LogP contribution in [0, 0.1) is 19.7 Å². The predicted octanol–water partition coefficient (Wildman–Crippen LogP) is 8.86. The van der Waals surface area contributed by atoms with Crippen LogP contribution in [0.1, 0.15) is 22.4 Å². The summed E-state index contributed by atoms with van der Waals surface area (Å²) in [6.07, 6.45) is 4.84. The van der Waals surface area contributed by atoms with Gasteiger partial charge in [-0.2, -0.15) is 0 Å². The SMILES string of the molecule is Cc1c(Cl)c2c(Cl)c(C)c1-c1c(-c3ccc(F)cc3)sc3ncnc(c13)OCCc1cc(ccc1OCc1ccnc(-c3ccc(NCCN)cn3)n1)OCC(N1CCN(C)CC1)O2. The van der Waals surface area contributed by atoms with Crippen LogP contribution < -0.4 is 30.0 Å². The number of halogens is 3. The van der Waals surface area contributed by atoms with Crippen molar-refractivity contribution in [3.8, 4) is 56.2 Å². The van der Waals surface area contributed by atoms with Crippen LogP contribution in [0.15, 0.2) is 79.4 Å². The molecule has 7 aromatic rings.